The Morgan fingerprint density at radius 2 is 2.22 bits per heavy atom. The van der Waals surface area contributed by atoms with Gasteiger partial charge in [0.05, 0.1) is 23.9 Å². The lowest BCUT2D eigenvalue weighted by Crippen LogP contribution is -2.22. The minimum Gasteiger partial charge on any atom is -0.326 e. The summed E-state index contributed by atoms with van der Waals surface area (Å²) in [5.74, 6) is 0. The van der Waals surface area contributed by atoms with Gasteiger partial charge in [-0.2, -0.15) is 10.4 Å². The molecule has 1 aromatic heterocycles. The third-order valence-electron chi connectivity index (χ3n) is 2.76. The molecule has 2 rings (SSSR count). The summed E-state index contributed by atoms with van der Waals surface area (Å²) >= 11 is 0. The van der Waals surface area contributed by atoms with Crippen molar-refractivity contribution >= 4 is 0 Å². The van der Waals surface area contributed by atoms with E-state index in [9.17, 15) is 0 Å². The number of aryl methyl sites for hydroxylation is 1. The summed E-state index contributed by atoms with van der Waals surface area (Å²) in [6, 6.07) is 9.94. The van der Waals surface area contributed by atoms with Crippen molar-refractivity contribution < 1.29 is 0 Å². The number of rotatable bonds is 3. The molecule has 0 saturated heterocycles. The summed E-state index contributed by atoms with van der Waals surface area (Å²) in [5.41, 5.74) is 9.34. The second-order valence-corrected chi connectivity index (χ2v) is 4.54. The van der Waals surface area contributed by atoms with Crippen molar-refractivity contribution in [1.29, 1.82) is 5.26 Å². The molecular weight excluding hydrogens is 224 g/mol. The molecule has 18 heavy (non-hydrogen) atoms. The van der Waals surface area contributed by atoms with E-state index < -0.39 is 0 Å². The van der Waals surface area contributed by atoms with Gasteiger partial charge in [-0.15, -0.1) is 0 Å². The van der Waals surface area contributed by atoms with Crippen molar-refractivity contribution in [2.24, 2.45) is 5.73 Å². The molecule has 1 heterocycles. The number of hydrogen-bond acceptors (Lipinski definition) is 3. The molecule has 0 spiro atoms. The van der Waals surface area contributed by atoms with Crippen molar-refractivity contribution in [3.05, 3.63) is 41.6 Å². The van der Waals surface area contributed by atoms with Crippen LogP contribution in [0.5, 0.6) is 0 Å². The van der Waals surface area contributed by atoms with Crippen LogP contribution in [0.4, 0.5) is 0 Å². The minimum atomic E-state index is 0.0838. The fourth-order valence-corrected chi connectivity index (χ4v) is 1.86. The smallest absolute Gasteiger partial charge is 0.0994 e. The molecule has 0 aliphatic rings. The highest BCUT2D eigenvalue weighted by atomic mass is 15.3. The first kappa shape index (κ1) is 12.3. The summed E-state index contributed by atoms with van der Waals surface area (Å²) in [6.07, 6.45) is 1.92. The van der Waals surface area contributed by atoms with E-state index in [0.29, 0.717) is 12.1 Å². The maximum atomic E-state index is 8.90. The van der Waals surface area contributed by atoms with Gasteiger partial charge in [-0.1, -0.05) is 6.07 Å². The maximum absolute atomic E-state index is 8.90. The Bertz CT molecular complexity index is 590. The van der Waals surface area contributed by atoms with E-state index >= 15 is 0 Å². The van der Waals surface area contributed by atoms with Crippen LogP contribution in [-0.4, -0.2) is 15.8 Å². The van der Waals surface area contributed by atoms with Gasteiger partial charge in [-0.05, 0) is 37.6 Å². The molecule has 0 aliphatic heterocycles. The lowest BCUT2D eigenvalue weighted by molar-refractivity contribution is 0.540. The summed E-state index contributed by atoms with van der Waals surface area (Å²) in [6.45, 7) is 4.59. The molecule has 2 aromatic rings. The molecule has 0 saturated carbocycles. The minimum absolute atomic E-state index is 0.0838. The molecule has 0 bridgehead atoms. The van der Waals surface area contributed by atoms with Gasteiger partial charge < -0.3 is 5.73 Å². The van der Waals surface area contributed by atoms with Crippen molar-refractivity contribution in [2.45, 2.75) is 26.4 Å². The van der Waals surface area contributed by atoms with E-state index in [2.05, 4.69) is 11.2 Å². The van der Waals surface area contributed by atoms with Crippen LogP contribution in [0.1, 0.15) is 18.1 Å². The molecule has 0 fully saturated rings. The van der Waals surface area contributed by atoms with Crippen LogP contribution >= 0.6 is 0 Å². The van der Waals surface area contributed by atoms with Gasteiger partial charge >= 0.3 is 0 Å². The Labute approximate surface area is 107 Å². The SMILES string of the molecule is Cc1cc(-c2ccn(C[C@@H](C)N)n2)ccc1C#N. The summed E-state index contributed by atoms with van der Waals surface area (Å²) < 4.78 is 1.84. The van der Waals surface area contributed by atoms with Crippen LogP contribution in [-0.2, 0) is 6.54 Å². The van der Waals surface area contributed by atoms with Crippen LogP contribution in [0.3, 0.4) is 0 Å². The number of nitriles is 1. The van der Waals surface area contributed by atoms with E-state index in [1.807, 2.05) is 49.0 Å². The highest BCUT2D eigenvalue weighted by Gasteiger charge is 2.05. The van der Waals surface area contributed by atoms with Crippen LogP contribution in [0.2, 0.25) is 0 Å². The van der Waals surface area contributed by atoms with Crippen molar-refractivity contribution in [1.82, 2.24) is 9.78 Å². The second-order valence-electron chi connectivity index (χ2n) is 4.54. The zero-order valence-corrected chi connectivity index (χ0v) is 10.6. The highest BCUT2D eigenvalue weighted by molar-refractivity contribution is 5.61. The van der Waals surface area contributed by atoms with Crippen molar-refractivity contribution in [3.63, 3.8) is 0 Å². The fourth-order valence-electron chi connectivity index (χ4n) is 1.86. The summed E-state index contributed by atoms with van der Waals surface area (Å²) in [7, 11) is 0. The molecule has 1 atom stereocenters. The number of nitrogens with two attached hydrogens (primary N) is 1. The van der Waals surface area contributed by atoms with Crippen molar-refractivity contribution in [3.8, 4) is 17.3 Å². The van der Waals surface area contributed by atoms with E-state index in [-0.39, 0.29) is 6.04 Å². The normalized spacial score (nSPS) is 12.1. The van der Waals surface area contributed by atoms with Crippen molar-refractivity contribution in [2.75, 3.05) is 0 Å². The molecule has 1 aromatic carbocycles. The van der Waals surface area contributed by atoms with Gasteiger partial charge in [0.2, 0.25) is 0 Å². The summed E-state index contributed by atoms with van der Waals surface area (Å²) in [5, 5.41) is 13.4. The molecule has 4 heteroatoms. The Hall–Kier alpha value is -2.12. The van der Waals surface area contributed by atoms with E-state index in [4.69, 9.17) is 11.0 Å². The van der Waals surface area contributed by atoms with E-state index in [1.165, 1.54) is 0 Å². The maximum Gasteiger partial charge on any atom is 0.0994 e. The number of nitrogens with zero attached hydrogens (tertiary/aromatic N) is 3. The molecule has 92 valence electrons. The Kier molecular flexibility index (Phi) is 3.45. The number of hydrogen-bond donors (Lipinski definition) is 1. The predicted octanol–water partition coefficient (Wildman–Crippen LogP) is 2.08. The van der Waals surface area contributed by atoms with Gasteiger partial charge in [0.15, 0.2) is 0 Å². The van der Waals surface area contributed by atoms with Gasteiger partial charge in [-0.3, -0.25) is 4.68 Å². The Morgan fingerprint density at radius 3 is 2.83 bits per heavy atom. The van der Waals surface area contributed by atoms with Gasteiger partial charge in [0.25, 0.3) is 0 Å². The third kappa shape index (κ3) is 2.58. The predicted molar refractivity (Wildman–Crippen MR) is 70.8 cm³/mol. The van der Waals surface area contributed by atoms with Gasteiger partial charge in [-0.25, -0.2) is 0 Å². The standard InChI is InChI=1S/C14H16N4/c1-10-7-12(3-4-13(10)8-15)14-5-6-18(17-14)9-11(2)16/h3-7,11H,9,16H2,1-2H3/t11-/m1/s1. The lowest BCUT2D eigenvalue weighted by atomic mass is 10.0. The molecule has 0 amide bonds. The zero-order chi connectivity index (χ0) is 13.1. The Morgan fingerprint density at radius 1 is 1.44 bits per heavy atom. The van der Waals surface area contributed by atoms with Gasteiger partial charge in [0.1, 0.15) is 0 Å². The average molecular weight is 240 g/mol. The summed E-state index contributed by atoms with van der Waals surface area (Å²) in [4.78, 5) is 0. The molecule has 0 aliphatic carbocycles. The molecular formula is C14H16N4. The number of aromatic nitrogens is 2. The topological polar surface area (TPSA) is 67.6 Å². The second kappa shape index (κ2) is 5.03. The zero-order valence-electron chi connectivity index (χ0n) is 10.6. The third-order valence-corrected chi connectivity index (χ3v) is 2.76. The lowest BCUT2D eigenvalue weighted by Gasteiger charge is -2.04. The molecule has 0 unspecified atom stereocenters. The first-order valence-corrected chi connectivity index (χ1v) is 5.90. The van der Waals surface area contributed by atoms with E-state index in [0.717, 1.165) is 16.8 Å². The van der Waals surface area contributed by atoms with Crippen LogP contribution in [0.25, 0.3) is 11.3 Å². The highest BCUT2D eigenvalue weighted by Crippen LogP contribution is 2.20. The number of benzene rings is 1. The van der Waals surface area contributed by atoms with Crippen LogP contribution in [0, 0.1) is 18.3 Å². The van der Waals surface area contributed by atoms with Crippen LogP contribution in [0.15, 0.2) is 30.5 Å². The molecule has 2 N–H and O–H groups in total. The monoisotopic (exact) mass is 240 g/mol. The van der Waals surface area contributed by atoms with Gasteiger partial charge in [0, 0.05) is 17.8 Å². The largest absolute Gasteiger partial charge is 0.326 e. The van der Waals surface area contributed by atoms with E-state index in [1.54, 1.807) is 0 Å². The Balaban J connectivity index is 2.29. The quantitative estimate of drug-likeness (QED) is 0.893. The fraction of sp³-hybridized carbons (Fsp3) is 0.286. The van der Waals surface area contributed by atoms with Crippen LogP contribution < -0.4 is 5.73 Å². The molecule has 0 radical (unpaired) electrons. The average Bonchev–Trinajstić information content (AvgIpc) is 2.76. The molecule has 4 nitrogen and oxygen atoms in total. The first-order chi connectivity index (χ1) is 8.60. The first-order valence-electron chi connectivity index (χ1n) is 5.90.